The average molecular weight is 276 g/mol. The molecule has 0 bridgehead atoms. The lowest BCUT2D eigenvalue weighted by molar-refractivity contribution is -0.151. The van der Waals surface area contributed by atoms with Crippen LogP contribution in [0.1, 0.15) is 24.1 Å². The van der Waals surface area contributed by atoms with Crippen molar-refractivity contribution < 1.29 is 14.7 Å². The van der Waals surface area contributed by atoms with E-state index in [9.17, 15) is 9.59 Å². The second-order valence-corrected chi connectivity index (χ2v) is 5.52. The van der Waals surface area contributed by atoms with Gasteiger partial charge >= 0.3 is 5.97 Å². The van der Waals surface area contributed by atoms with Crippen LogP contribution in [-0.4, -0.2) is 35.0 Å². The second kappa shape index (κ2) is 5.63. The molecule has 1 fully saturated rings. The minimum absolute atomic E-state index is 0.0293. The fourth-order valence-corrected chi connectivity index (χ4v) is 2.32. The van der Waals surface area contributed by atoms with E-state index in [1.807, 2.05) is 31.2 Å². The van der Waals surface area contributed by atoms with Crippen molar-refractivity contribution in [3.8, 4) is 0 Å². The van der Waals surface area contributed by atoms with E-state index in [1.54, 1.807) is 11.8 Å². The first-order chi connectivity index (χ1) is 9.40. The second-order valence-electron chi connectivity index (χ2n) is 5.52. The van der Waals surface area contributed by atoms with Gasteiger partial charge in [-0.3, -0.25) is 9.59 Å². The molecule has 108 valence electrons. The maximum atomic E-state index is 12.2. The third kappa shape index (κ3) is 2.82. The molecule has 0 saturated carbocycles. The highest BCUT2D eigenvalue weighted by atomic mass is 16.4. The molecule has 1 saturated heterocycles. The maximum absolute atomic E-state index is 12.2. The molecule has 1 aliphatic rings. The predicted octanol–water partition coefficient (Wildman–Crippen LogP) is 1.17. The summed E-state index contributed by atoms with van der Waals surface area (Å²) < 4.78 is 0. The van der Waals surface area contributed by atoms with Crippen LogP contribution in [0, 0.1) is 18.8 Å². The molecule has 3 N–H and O–H groups in total. The fraction of sp³-hybridized carbons (Fsp3) is 0.467. The summed E-state index contributed by atoms with van der Waals surface area (Å²) in [6.45, 7) is 4.61. The Morgan fingerprint density at radius 3 is 2.35 bits per heavy atom. The number of carboxylic acids is 1. The number of hydrogen-bond acceptors (Lipinski definition) is 3. The largest absolute Gasteiger partial charge is 0.481 e. The Morgan fingerprint density at radius 2 is 1.85 bits per heavy atom. The molecule has 0 aromatic heterocycles. The summed E-state index contributed by atoms with van der Waals surface area (Å²) in [5.41, 5.74) is 7.88. The van der Waals surface area contributed by atoms with Gasteiger partial charge in [-0.2, -0.15) is 0 Å². The van der Waals surface area contributed by atoms with Crippen LogP contribution in [0.3, 0.4) is 0 Å². The maximum Gasteiger partial charge on any atom is 0.306 e. The monoisotopic (exact) mass is 276 g/mol. The number of carbonyl (C=O) groups is 2. The zero-order valence-electron chi connectivity index (χ0n) is 11.7. The zero-order valence-corrected chi connectivity index (χ0v) is 11.7. The molecule has 1 aromatic carbocycles. The van der Waals surface area contributed by atoms with Gasteiger partial charge in [0.05, 0.1) is 5.92 Å². The SMILES string of the molecule is Cc1ccc(C(N)C(=O)N2CC(C(C)C(=O)O)C2)cc1. The van der Waals surface area contributed by atoms with Crippen molar-refractivity contribution in [2.75, 3.05) is 13.1 Å². The summed E-state index contributed by atoms with van der Waals surface area (Å²) in [6.07, 6.45) is 0. The number of carboxylic acid groups (broad SMARTS) is 1. The van der Waals surface area contributed by atoms with Crippen LogP contribution in [0.25, 0.3) is 0 Å². The minimum atomic E-state index is -0.815. The first kappa shape index (κ1) is 14.5. The van der Waals surface area contributed by atoms with Gasteiger partial charge in [0.1, 0.15) is 6.04 Å². The summed E-state index contributed by atoms with van der Waals surface area (Å²) in [7, 11) is 0. The average Bonchev–Trinajstić information content (AvgIpc) is 2.36. The summed E-state index contributed by atoms with van der Waals surface area (Å²) in [6, 6.07) is 6.89. The quantitative estimate of drug-likeness (QED) is 0.864. The van der Waals surface area contributed by atoms with Gasteiger partial charge in [-0.25, -0.2) is 0 Å². The molecular formula is C15H20N2O3. The number of nitrogens with zero attached hydrogens (tertiary/aromatic N) is 1. The number of aryl methyl sites for hydroxylation is 1. The summed E-state index contributed by atoms with van der Waals surface area (Å²) in [4.78, 5) is 24.7. The van der Waals surface area contributed by atoms with Crippen LogP contribution in [0.4, 0.5) is 0 Å². The summed E-state index contributed by atoms with van der Waals surface area (Å²) in [5.74, 6) is -1.34. The topological polar surface area (TPSA) is 83.6 Å². The molecule has 0 aliphatic carbocycles. The molecule has 1 aliphatic heterocycles. The molecule has 5 nitrogen and oxygen atoms in total. The van der Waals surface area contributed by atoms with Crippen LogP contribution >= 0.6 is 0 Å². The van der Waals surface area contributed by atoms with E-state index >= 15 is 0 Å². The highest BCUT2D eigenvalue weighted by molar-refractivity contribution is 5.84. The van der Waals surface area contributed by atoms with Crippen molar-refractivity contribution in [1.82, 2.24) is 4.90 Å². The summed E-state index contributed by atoms with van der Waals surface area (Å²) in [5, 5.41) is 8.93. The lowest BCUT2D eigenvalue weighted by atomic mass is 9.86. The number of nitrogens with two attached hydrogens (primary N) is 1. The van der Waals surface area contributed by atoms with Gasteiger partial charge in [0.25, 0.3) is 0 Å². The molecule has 5 heteroatoms. The normalized spacial score (nSPS) is 18.2. The Bertz CT molecular complexity index is 506. The van der Waals surface area contributed by atoms with E-state index in [0.717, 1.165) is 11.1 Å². The molecular weight excluding hydrogens is 256 g/mol. The first-order valence-electron chi connectivity index (χ1n) is 6.74. The van der Waals surface area contributed by atoms with Crippen molar-refractivity contribution >= 4 is 11.9 Å². The standard InChI is InChI=1S/C15H20N2O3/c1-9-3-5-11(6-4-9)13(16)14(18)17-7-12(8-17)10(2)15(19)20/h3-6,10,12-13H,7-8,16H2,1-2H3,(H,19,20). The smallest absolute Gasteiger partial charge is 0.306 e. The number of carbonyl (C=O) groups excluding carboxylic acids is 1. The summed E-state index contributed by atoms with van der Waals surface area (Å²) >= 11 is 0. The van der Waals surface area contributed by atoms with Crippen molar-refractivity contribution in [3.63, 3.8) is 0 Å². The Kier molecular flexibility index (Phi) is 4.09. The van der Waals surface area contributed by atoms with E-state index in [4.69, 9.17) is 10.8 Å². The fourth-order valence-electron chi connectivity index (χ4n) is 2.32. The number of hydrogen-bond donors (Lipinski definition) is 2. The molecule has 20 heavy (non-hydrogen) atoms. The van der Waals surface area contributed by atoms with Gasteiger partial charge < -0.3 is 15.7 Å². The number of benzene rings is 1. The highest BCUT2D eigenvalue weighted by Gasteiger charge is 2.38. The van der Waals surface area contributed by atoms with E-state index in [2.05, 4.69) is 0 Å². The molecule has 1 aromatic rings. The van der Waals surface area contributed by atoms with Gasteiger partial charge in [0.15, 0.2) is 0 Å². The van der Waals surface area contributed by atoms with Crippen LogP contribution < -0.4 is 5.73 Å². The van der Waals surface area contributed by atoms with E-state index in [1.165, 1.54) is 0 Å². The number of likely N-dealkylation sites (tertiary alicyclic amines) is 1. The van der Waals surface area contributed by atoms with Crippen LogP contribution in [0.2, 0.25) is 0 Å². The van der Waals surface area contributed by atoms with Crippen molar-refractivity contribution in [1.29, 1.82) is 0 Å². The lowest BCUT2D eigenvalue weighted by Gasteiger charge is -2.42. The van der Waals surface area contributed by atoms with E-state index in [-0.39, 0.29) is 11.8 Å². The number of aliphatic carboxylic acids is 1. The zero-order chi connectivity index (χ0) is 14.9. The molecule has 0 spiro atoms. The minimum Gasteiger partial charge on any atom is -0.481 e. The van der Waals surface area contributed by atoms with Crippen LogP contribution in [0.5, 0.6) is 0 Å². The molecule has 1 amide bonds. The predicted molar refractivity (Wildman–Crippen MR) is 75.0 cm³/mol. The van der Waals surface area contributed by atoms with Gasteiger partial charge in [-0.05, 0) is 12.5 Å². The van der Waals surface area contributed by atoms with Crippen molar-refractivity contribution in [2.24, 2.45) is 17.6 Å². The van der Waals surface area contributed by atoms with Gasteiger partial charge in [0.2, 0.25) is 5.91 Å². The Morgan fingerprint density at radius 1 is 1.30 bits per heavy atom. The Hall–Kier alpha value is -1.88. The van der Waals surface area contributed by atoms with E-state index in [0.29, 0.717) is 13.1 Å². The first-order valence-corrected chi connectivity index (χ1v) is 6.74. The highest BCUT2D eigenvalue weighted by Crippen LogP contribution is 2.26. The number of amides is 1. The van der Waals surface area contributed by atoms with Gasteiger partial charge in [-0.1, -0.05) is 36.8 Å². The van der Waals surface area contributed by atoms with Gasteiger partial charge in [-0.15, -0.1) is 0 Å². The molecule has 2 atom stereocenters. The van der Waals surface area contributed by atoms with Crippen LogP contribution in [-0.2, 0) is 9.59 Å². The molecule has 2 rings (SSSR count). The third-order valence-corrected chi connectivity index (χ3v) is 4.02. The Labute approximate surface area is 118 Å². The van der Waals surface area contributed by atoms with Gasteiger partial charge in [0, 0.05) is 19.0 Å². The van der Waals surface area contributed by atoms with Crippen LogP contribution in [0.15, 0.2) is 24.3 Å². The molecule has 1 heterocycles. The number of rotatable bonds is 4. The Balaban J connectivity index is 1.93. The van der Waals surface area contributed by atoms with E-state index < -0.39 is 17.9 Å². The van der Waals surface area contributed by atoms with Crippen molar-refractivity contribution in [3.05, 3.63) is 35.4 Å². The lowest BCUT2D eigenvalue weighted by Crippen LogP contribution is -2.55. The van der Waals surface area contributed by atoms with Crippen molar-refractivity contribution in [2.45, 2.75) is 19.9 Å². The molecule has 0 radical (unpaired) electrons. The molecule has 2 unspecified atom stereocenters. The third-order valence-electron chi connectivity index (χ3n) is 4.02.